The number of piperidine rings is 2. The quantitative estimate of drug-likeness (QED) is 0.514. The average Bonchev–Trinajstić information content (AvgIpc) is 2.81. The van der Waals surface area contributed by atoms with Gasteiger partial charge in [0.2, 0.25) is 18.2 Å². The second kappa shape index (κ2) is 10.0. The second-order valence-corrected chi connectivity index (χ2v) is 9.34. The summed E-state index contributed by atoms with van der Waals surface area (Å²) < 4.78 is 0. The molecular weight excluding hydrogens is 422 g/mol. The normalized spacial score (nSPS) is 23.3. The van der Waals surface area contributed by atoms with Crippen molar-refractivity contribution in [3.8, 4) is 0 Å². The van der Waals surface area contributed by atoms with Crippen LogP contribution >= 0.6 is 0 Å². The van der Waals surface area contributed by atoms with Crippen LogP contribution in [0.1, 0.15) is 41.6 Å². The molecule has 3 saturated heterocycles. The molecule has 1 aromatic carbocycles. The van der Waals surface area contributed by atoms with E-state index < -0.39 is 17.9 Å². The van der Waals surface area contributed by atoms with Gasteiger partial charge in [-0.25, -0.2) is 0 Å². The fraction of sp³-hybridized carbons (Fsp3) is 0.583. The predicted molar refractivity (Wildman–Crippen MR) is 124 cm³/mol. The van der Waals surface area contributed by atoms with E-state index in [0.29, 0.717) is 18.0 Å². The summed E-state index contributed by atoms with van der Waals surface area (Å²) in [7, 11) is 2.18. The Bertz CT molecular complexity index is 919. The standard InChI is InChI=1S/C24H33N5O4/c1-17-15-19(28-13-11-27(12-14-28)18-7-9-26(2)10-8-18)3-4-20(17)24(33)29(16-30)21-5-6-22(31)25-23(21)32/h3-4,15-16,18,21H,5-14H2,1-2H3,(H,25,31,32). The smallest absolute Gasteiger partial charge is 0.261 e. The van der Waals surface area contributed by atoms with Crippen LogP contribution in [0.25, 0.3) is 0 Å². The summed E-state index contributed by atoms with van der Waals surface area (Å²) in [5.41, 5.74) is 2.21. The van der Waals surface area contributed by atoms with Crippen LogP contribution in [0.5, 0.6) is 0 Å². The van der Waals surface area contributed by atoms with E-state index >= 15 is 0 Å². The topological polar surface area (TPSA) is 93.3 Å². The molecule has 9 nitrogen and oxygen atoms in total. The van der Waals surface area contributed by atoms with Crippen molar-refractivity contribution in [1.29, 1.82) is 0 Å². The SMILES string of the molecule is Cc1cc(N2CCN(C3CCN(C)CC3)CC2)ccc1C(=O)N(C=O)C1CCC(=O)NC1=O. The molecule has 0 aromatic heterocycles. The fourth-order valence-corrected chi connectivity index (χ4v) is 5.14. The molecule has 3 fully saturated rings. The van der Waals surface area contributed by atoms with Gasteiger partial charge in [-0.3, -0.25) is 34.3 Å². The lowest BCUT2D eigenvalue weighted by atomic mass is 10.0. The predicted octanol–water partition coefficient (Wildman–Crippen LogP) is 0.615. The van der Waals surface area contributed by atoms with Crippen LogP contribution in [0.4, 0.5) is 5.69 Å². The number of anilines is 1. The van der Waals surface area contributed by atoms with Crippen LogP contribution in [-0.4, -0.2) is 97.2 Å². The number of hydrogen-bond acceptors (Lipinski definition) is 7. The minimum atomic E-state index is -0.959. The summed E-state index contributed by atoms with van der Waals surface area (Å²) in [5, 5.41) is 2.20. The molecule has 3 aliphatic heterocycles. The second-order valence-electron chi connectivity index (χ2n) is 9.34. The van der Waals surface area contributed by atoms with Gasteiger partial charge in [0.15, 0.2) is 0 Å². The Morgan fingerprint density at radius 1 is 1.06 bits per heavy atom. The maximum atomic E-state index is 13.1. The van der Waals surface area contributed by atoms with Crippen molar-refractivity contribution < 1.29 is 19.2 Å². The van der Waals surface area contributed by atoms with Crippen molar-refractivity contribution in [2.45, 2.75) is 44.7 Å². The number of rotatable bonds is 5. The number of nitrogens with zero attached hydrogens (tertiary/aromatic N) is 4. The zero-order valence-corrected chi connectivity index (χ0v) is 19.5. The number of imide groups is 2. The van der Waals surface area contributed by atoms with Crippen molar-refractivity contribution >= 4 is 29.8 Å². The number of nitrogens with one attached hydrogen (secondary N) is 1. The van der Waals surface area contributed by atoms with Crippen LogP contribution in [0.3, 0.4) is 0 Å². The summed E-state index contributed by atoms with van der Waals surface area (Å²) in [5.74, 6) is -1.51. The highest BCUT2D eigenvalue weighted by Crippen LogP contribution is 2.25. The maximum Gasteiger partial charge on any atom is 0.261 e. The maximum absolute atomic E-state index is 13.1. The first-order chi connectivity index (χ1) is 15.9. The lowest BCUT2D eigenvalue weighted by Gasteiger charge is -2.43. The van der Waals surface area contributed by atoms with Crippen molar-refractivity contribution in [2.24, 2.45) is 0 Å². The molecule has 1 aromatic rings. The van der Waals surface area contributed by atoms with E-state index in [9.17, 15) is 19.2 Å². The van der Waals surface area contributed by atoms with Gasteiger partial charge < -0.3 is 9.80 Å². The molecular formula is C24H33N5O4. The lowest BCUT2D eigenvalue weighted by Crippen LogP contribution is -2.54. The van der Waals surface area contributed by atoms with E-state index in [-0.39, 0.29) is 18.7 Å². The summed E-state index contributed by atoms with van der Waals surface area (Å²) in [6.07, 6.45) is 3.10. The highest BCUT2D eigenvalue weighted by Gasteiger charge is 2.35. The number of aryl methyl sites for hydroxylation is 1. The van der Waals surface area contributed by atoms with Gasteiger partial charge in [-0.05, 0) is 70.1 Å². The van der Waals surface area contributed by atoms with Gasteiger partial charge in [0, 0.05) is 49.9 Å². The van der Waals surface area contributed by atoms with Crippen LogP contribution in [0.15, 0.2) is 18.2 Å². The number of carbonyl (C=O) groups excluding carboxylic acids is 4. The van der Waals surface area contributed by atoms with Crippen LogP contribution in [0.2, 0.25) is 0 Å². The third-order valence-electron chi connectivity index (χ3n) is 7.22. The highest BCUT2D eigenvalue weighted by atomic mass is 16.2. The van der Waals surface area contributed by atoms with Gasteiger partial charge in [0.1, 0.15) is 6.04 Å². The Morgan fingerprint density at radius 2 is 1.76 bits per heavy atom. The summed E-state index contributed by atoms with van der Waals surface area (Å²) >= 11 is 0. The largest absolute Gasteiger partial charge is 0.369 e. The third kappa shape index (κ3) is 5.09. The molecule has 1 atom stereocenters. The third-order valence-corrected chi connectivity index (χ3v) is 7.22. The first kappa shape index (κ1) is 23.4. The molecule has 4 amide bonds. The number of benzene rings is 1. The molecule has 3 aliphatic rings. The van der Waals surface area contributed by atoms with Gasteiger partial charge >= 0.3 is 0 Å². The molecule has 0 bridgehead atoms. The van der Waals surface area contributed by atoms with E-state index in [0.717, 1.165) is 55.4 Å². The molecule has 0 aliphatic carbocycles. The Labute approximate surface area is 194 Å². The monoisotopic (exact) mass is 455 g/mol. The number of piperazine rings is 1. The van der Waals surface area contributed by atoms with Gasteiger partial charge in [0.05, 0.1) is 0 Å². The minimum Gasteiger partial charge on any atom is -0.369 e. The molecule has 33 heavy (non-hydrogen) atoms. The molecule has 1 N–H and O–H groups in total. The number of likely N-dealkylation sites (tertiary alicyclic amines) is 1. The number of carbonyl (C=O) groups is 4. The van der Waals surface area contributed by atoms with E-state index in [4.69, 9.17) is 0 Å². The van der Waals surface area contributed by atoms with E-state index in [2.05, 4.69) is 27.1 Å². The molecule has 1 unspecified atom stereocenters. The Balaban J connectivity index is 1.39. The zero-order chi connectivity index (χ0) is 23.5. The van der Waals surface area contributed by atoms with Gasteiger partial charge in [-0.2, -0.15) is 0 Å². The Kier molecular flexibility index (Phi) is 7.09. The van der Waals surface area contributed by atoms with Crippen LogP contribution in [-0.2, 0) is 14.4 Å². The van der Waals surface area contributed by atoms with Gasteiger partial charge in [-0.1, -0.05) is 0 Å². The number of hydrogen-bond donors (Lipinski definition) is 1. The van der Waals surface area contributed by atoms with Crippen molar-refractivity contribution in [3.05, 3.63) is 29.3 Å². The first-order valence-corrected chi connectivity index (χ1v) is 11.8. The summed E-state index contributed by atoms with van der Waals surface area (Å²) in [6, 6.07) is 5.34. The van der Waals surface area contributed by atoms with Crippen LogP contribution < -0.4 is 10.2 Å². The van der Waals surface area contributed by atoms with E-state index in [1.54, 1.807) is 6.07 Å². The lowest BCUT2D eigenvalue weighted by molar-refractivity contribution is -0.139. The molecule has 4 rings (SSSR count). The molecule has 178 valence electrons. The number of amides is 4. The Hall–Kier alpha value is -2.78. The summed E-state index contributed by atoms with van der Waals surface area (Å²) in [6.45, 7) is 8.11. The molecule has 0 saturated carbocycles. The van der Waals surface area contributed by atoms with E-state index in [1.165, 1.54) is 12.8 Å². The molecule has 3 heterocycles. The molecule has 0 radical (unpaired) electrons. The minimum absolute atomic E-state index is 0.107. The summed E-state index contributed by atoms with van der Waals surface area (Å²) in [4.78, 5) is 56.5. The first-order valence-electron chi connectivity index (χ1n) is 11.8. The van der Waals surface area contributed by atoms with Gasteiger partial charge in [0.25, 0.3) is 5.91 Å². The molecule has 0 spiro atoms. The fourth-order valence-electron chi connectivity index (χ4n) is 5.14. The van der Waals surface area contributed by atoms with Crippen molar-refractivity contribution in [2.75, 3.05) is 51.2 Å². The van der Waals surface area contributed by atoms with Crippen LogP contribution in [0, 0.1) is 6.92 Å². The van der Waals surface area contributed by atoms with Gasteiger partial charge in [-0.15, -0.1) is 0 Å². The zero-order valence-electron chi connectivity index (χ0n) is 19.5. The highest BCUT2D eigenvalue weighted by molar-refractivity contribution is 6.07. The van der Waals surface area contributed by atoms with E-state index in [1.807, 2.05) is 19.1 Å². The molecule has 9 heteroatoms. The average molecular weight is 456 g/mol. The van der Waals surface area contributed by atoms with Crippen molar-refractivity contribution in [1.82, 2.24) is 20.0 Å². The Morgan fingerprint density at radius 3 is 2.36 bits per heavy atom. The van der Waals surface area contributed by atoms with Crippen molar-refractivity contribution in [3.63, 3.8) is 0 Å².